The summed E-state index contributed by atoms with van der Waals surface area (Å²) in [7, 11) is 0. The van der Waals surface area contributed by atoms with Gasteiger partial charge in [-0.2, -0.15) is 4.37 Å². The Hall–Kier alpha value is -1.99. The number of aromatic nitrogens is 1. The molecule has 5 aliphatic rings. The minimum absolute atomic E-state index is 0.00987. The Morgan fingerprint density at radius 3 is 2.47 bits per heavy atom. The monoisotopic (exact) mass is 506 g/mol. The fourth-order valence-corrected chi connectivity index (χ4v) is 9.35. The van der Waals surface area contributed by atoms with Gasteiger partial charge in [0.25, 0.3) is 0 Å². The van der Waals surface area contributed by atoms with Crippen LogP contribution in [0.15, 0.2) is 24.3 Å². The van der Waals surface area contributed by atoms with Crippen LogP contribution in [0.25, 0.3) is 10.1 Å². The topological polar surface area (TPSA) is 56.8 Å². The number of piperazine rings is 1. The zero-order chi connectivity index (χ0) is 24.3. The van der Waals surface area contributed by atoms with Crippen molar-refractivity contribution in [3.63, 3.8) is 0 Å². The largest absolute Gasteiger partial charge is 0.353 e. The van der Waals surface area contributed by atoms with Gasteiger partial charge in [-0.1, -0.05) is 31.4 Å². The Labute approximate surface area is 218 Å². The van der Waals surface area contributed by atoms with E-state index in [1.807, 2.05) is 0 Å². The number of benzene rings is 1. The first-order valence-corrected chi connectivity index (χ1v) is 15.1. The molecule has 1 aromatic heterocycles. The van der Waals surface area contributed by atoms with Crippen molar-refractivity contribution in [1.29, 1.82) is 0 Å². The molecule has 3 heterocycles. The van der Waals surface area contributed by atoms with Gasteiger partial charge in [-0.15, -0.1) is 0 Å². The van der Waals surface area contributed by atoms with Gasteiger partial charge >= 0.3 is 0 Å². The van der Waals surface area contributed by atoms with Gasteiger partial charge in [0, 0.05) is 44.7 Å². The fourth-order valence-electron chi connectivity index (χ4n) is 8.56. The van der Waals surface area contributed by atoms with Crippen LogP contribution in [0.2, 0.25) is 0 Å². The van der Waals surface area contributed by atoms with Gasteiger partial charge in [-0.25, -0.2) is 0 Å². The summed E-state index contributed by atoms with van der Waals surface area (Å²) in [5, 5.41) is 1.27. The third-order valence-corrected chi connectivity index (χ3v) is 11.3. The van der Waals surface area contributed by atoms with Crippen molar-refractivity contribution in [2.75, 3.05) is 44.2 Å². The molecule has 2 amide bonds. The summed E-state index contributed by atoms with van der Waals surface area (Å²) in [5.41, 5.74) is -0.319. The maximum atomic E-state index is 13.6. The molecule has 5 atom stereocenters. The molecule has 36 heavy (non-hydrogen) atoms. The number of amides is 2. The van der Waals surface area contributed by atoms with E-state index in [1.54, 1.807) is 16.4 Å². The fraction of sp³-hybridized carbons (Fsp3) is 0.690. The van der Waals surface area contributed by atoms with E-state index in [1.165, 1.54) is 29.3 Å². The number of hydrogen-bond donors (Lipinski definition) is 0. The smallest absolute Gasteiger partial charge is 0.236 e. The van der Waals surface area contributed by atoms with Crippen molar-refractivity contribution >= 4 is 39.3 Å². The molecule has 7 rings (SSSR count). The molecule has 3 saturated carbocycles. The number of nitrogens with zero attached hydrogens (tertiary/aromatic N) is 4. The van der Waals surface area contributed by atoms with Crippen LogP contribution in [0.5, 0.6) is 0 Å². The van der Waals surface area contributed by atoms with Crippen molar-refractivity contribution in [2.45, 2.75) is 57.8 Å². The van der Waals surface area contributed by atoms with Gasteiger partial charge in [0.15, 0.2) is 0 Å². The third kappa shape index (κ3) is 3.64. The first-order valence-electron chi connectivity index (χ1n) is 14.3. The van der Waals surface area contributed by atoms with Gasteiger partial charge in [0.1, 0.15) is 5.82 Å². The predicted molar refractivity (Wildman–Crippen MR) is 143 cm³/mol. The summed E-state index contributed by atoms with van der Waals surface area (Å²) in [5.74, 6) is 3.06. The number of imide groups is 1. The van der Waals surface area contributed by atoms with Gasteiger partial charge < -0.3 is 4.90 Å². The van der Waals surface area contributed by atoms with E-state index in [-0.39, 0.29) is 23.1 Å². The number of carbonyl (C=O) groups is 2. The summed E-state index contributed by atoms with van der Waals surface area (Å²) < 4.78 is 6.03. The molecule has 2 saturated heterocycles. The van der Waals surface area contributed by atoms with Gasteiger partial charge in [0.05, 0.1) is 16.0 Å². The average molecular weight is 507 g/mol. The van der Waals surface area contributed by atoms with Crippen molar-refractivity contribution in [3.8, 4) is 0 Å². The molecule has 2 aromatic rings. The average Bonchev–Trinajstić information content (AvgIpc) is 3.50. The Morgan fingerprint density at radius 2 is 1.67 bits per heavy atom. The van der Waals surface area contributed by atoms with Crippen molar-refractivity contribution < 1.29 is 9.59 Å². The second kappa shape index (κ2) is 9.09. The minimum Gasteiger partial charge on any atom is -0.353 e. The van der Waals surface area contributed by atoms with Crippen molar-refractivity contribution in [2.24, 2.45) is 29.1 Å². The minimum atomic E-state index is -0.319. The molecule has 5 fully saturated rings. The number of likely N-dealkylation sites (tertiary alicyclic amines) is 1. The summed E-state index contributed by atoms with van der Waals surface area (Å²) in [6.07, 6.45) is 10.2. The molecule has 2 bridgehead atoms. The molecule has 0 spiro atoms. The summed E-state index contributed by atoms with van der Waals surface area (Å²) in [4.78, 5) is 34.0. The Kier molecular flexibility index (Phi) is 5.84. The molecular formula is C29H38N4O2S. The van der Waals surface area contributed by atoms with Gasteiger partial charge in [-0.05, 0) is 79.9 Å². The normalized spacial score (nSPS) is 35.1. The van der Waals surface area contributed by atoms with E-state index in [4.69, 9.17) is 4.37 Å². The van der Waals surface area contributed by atoms with Gasteiger partial charge in [-0.3, -0.25) is 19.4 Å². The lowest BCUT2D eigenvalue weighted by Crippen LogP contribution is -2.50. The maximum Gasteiger partial charge on any atom is 0.236 e. The summed E-state index contributed by atoms with van der Waals surface area (Å²) in [6, 6.07) is 8.54. The molecule has 0 N–H and O–H groups in total. The van der Waals surface area contributed by atoms with E-state index in [9.17, 15) is 9.59 Å². The highest BCUT2D eigenvalue weighted by molar-refractivity contribution is 7.13. The lowest BCUT2D eigenvalue weighted by atomic mass is 9.69. The maximum absolute atomic E-state index is 13.6. The van der Waals surface area contributed by atoms with Crippen molar-refractivity contribution in [3.05, 3.63) is 24.3 Å². The van der Waals surface area contributed by atoms with Crippen LogP contribution in [0.1, 0.15) is 57.8 Å². The molecule has 6 nitrogen and oxygen atoms in total. The van der Waals surface area contributed by atoms with Crippen LogP contribution < -0.4 is 4.90 Å². The standard InChI is InChI=1S/C29H38N4O2S/c34-27-25-20-8-5-12-29(25,13-11-20)28(35)33(27)19-22-7-2-1-6-21(22)18-31-14-16-32(17-15-31)26-23-9-3-4-10-24(23)36-30-26/h3-4,9-10,20-22,25H,1-2,5-8,11-19H2. The third-order valence-electron chi connectivity index (χ3n) is 10.4. The van der Waals surface area contributed by atoms with E-state index in [0.29, 0.717) is 24.3 Å². The Balaban J connectivity index is 0.999. The van der Waals surface area contributed by atoms with E-state index >= 15 is 0 Å². The lowest BCUT2D eigenvalue weighted by molar-refractivity contribution is -0.143. The first kappa shape index (κ1) is 23.2. The zero-order valence-corrected chi connectivity index (χ0v) is 22.1. The molecule has 3 aliphatic carbocycles. The van der Waals surface area contributed by atoms with Crippen molar-refractivity contribution in [1.82, 2.24) is 14.2 Å². The number of anilines is 1. The SMILES string of the molecule is O=C1C2C3CCCC2(CC3)C(=O)N1CC1CCCCC1CN1CCN(c2nsc3ccccc23)CC1. The van der Waals surface area contributed by atoms with Crippen LogP contribution in [-0.2, 0) is 9.59 Å². The van der Waals surface area contributed by atoms with Crippen LogP contribution in [0, 0.1) is 29.1 Å². The summed E-state index contributed by atoms with van der Waals surface area (Å²) >= 11 is 1.60. The number of hydrogen-bond acceptors (Lipinski definition) is 6. The van der Waals surface area contributed by atoms with Crippen LogP contribution in [0.4, 0.5) is 5.82 Å². The highest BCUT2D eigenvalue weighted by Gasteiger charge is 2.65. The van der Waals surface area contributed by atoms with Crippen LogP contribution in [0.3, 0.4) is 0 Å². The predicted octanol–water partition coefficient (Wildman–Crippen LogP) is 4.79. The van der Waals surface area contributed by atoms with E-state index in [2.05, 4.69) is 34.1 Å². The molecule has 2 aliphatic heterocycles. The molecule has 1 aromatic carbocycles. The molecule has 192 valence electrons. The van der Waals surface area contributed by atoms with E-state index < -0.39 is 0 Å². The Bertz CT molecular complexity index is 1150. The molecule has 5 unspecified atom stereocenters. The van der Waals surface area contributed by atoms with Crippen LogP contribution in [-0.4, -0.2) is 65.3 Å². The van der Waals surface area contributed by atoms with Gasteiger partial charge in [0.2, 0.25) is 11.8 Å². The highest BCUT2D eigenvalue weighted by Crippen LogP contribution is 2.60. The van der Waals surface area contributed by atoms with Crippen LogP contribution >= 0.6 is 11.5 Å². The molecular weight excluding hydrogens is 468 g/mol. The molecule has 0 radical (unpaired) electrons. The second-order valence-corrected chi connectivity index (χ2v) is 13.0. The van der Waals surface area contributed by atoms with E-state index in [0.717, 1.165) is 77.1 Å². The number of rotatable bonds is 5. The zero-order valence-electron chi connectivity index (χ0n) is 21.2. The quantitative estimate of drug-likeness (QED) is 0.546. The Morgan fingerprint density at radius 1 is 0.889 bits per heavy atom. The summed E-state index contributed by atoms with van der Waals surface area (Å²) in [6.45, 7) is 5.93. The first-order chi connectivity index (χ1) is 17.6. The lowest BCUT2D eigenvalue weighted by Gasteiger charge is -2.40. The highest BCUT2D eigenvalue weighted by atomic mass is 32.1. The second-order valence-electron chi connectivity index (χ2n) is 12.2. The number of fused-ring (bicyclic) bond motifs is 1. The number of carbonyl (C=O) groups excluding carboxylic acids is 2. The molecule has 7 heteroatoms.